The van der Waals surface area contributed by atoms with E-state index in [0.29, 0.717) is 30.3 Å². The van der Waals surface area contributed by atoms with Crippen LogP contribution in [0.5, 0.6) is 11.5 Å². The summed E-state index contributed by atoms with van der Waals surface area (Å²) in [4.78, 5) is 10.8. The lowest BCUT2D eigenvalue weighted by atomic mass is 10.2. The molecule has 0 amide bonds. The van der Waals surface area contributed by atoms with Crippen molar-refractivity contribution in [1.29, 1.82) is 0 Å². The van der Waals surface area contributed by atoms with E-state index in [2.05, 4.69) is 0 Å². The number of rotatable bonds is 8. The van der Waals surface area contributed by atoms with Crippen molar-refractivity contribution in [2.75, 3.05) is 13.4 Å². The Kier molecular flexibility index (Phi) is 5.79. The molecule has 0 saturated carbocycles. The first-order chi connectivity index (χ1) is 10.3. The molecule has 0 spiro atoms. The zero-order valence-electron chi connectivity index (χ0n) is 12.0. The summed E-state index contributed by atoms with van der Waals surface area (Å²) in [7, 11) is 0. The second kappa shape index (κ2) is 8.07. The lowest BCUT2D eigenvalue weighted by Gasteiger charge is -2.12. The molecule has 0 fully saturated rings. The van der Waals surface area contributed by atoms with Crippen LogP contribution in [0.3, 0.4) is 0 Å². The Morgan fingerprint density at radius 2 is 1.81 bits per heavy atom. The first-order valence-corrected chi connectivity index (χ1v) is 6.80. The van der Waals surface area contributed by atoms with E-state index in [4.69, 9.17) is 14.2 Å². The van der Waals surface area contributed by atoms with Crippen LogP contribution in [0.25, 0.3) is 0 Å². The molecule has 4 heteroatoms. The smallest absolute Gasteiger partial charge is 0.189 e. The number of carbonyl (C=O) groups is 1. The van der Waals surface area contributed by atoms with E-state index in [1.807, 2.05) is 37.3 Å². The average molecular weight is 286 g/mol. The number of aldehydes is 1. The van der Waals surface area contributed by atoms with E-state index in [-0.39, 0.29) is 6.79 Å². The lowest BCUT2D eigenvalue weighted by molar-refractivity contribution is 0.00350. The summed E-state index contributed by atoms with van der Waals surface area (Å²) < 4.78 is 16.5. The molecule has 0 aliphatic carbocycles. The summed E-state index contributed by atoms with van der Waals surface area (Å²) in [5.41, 5.74) is 1.64. The van der Waals surface area contributed by atoms with E-state index >= 15 is 0 Å². The third-order valence-corrected chi connectivity index (χ3v) is 2.81. The van der Waals surface area contributed by atoms with E-state index < -0.39 is 0 Å². The van der Waals surface area contributed by atoms with Crippen molar-refractivity contribution in [2.45, 2.75) is 13.5 Å². The summed E-state index contributed by atoms with van der Waals surface area (Å²) in [6.07, 6.45) is 0.776. The zero-order valence-corrected chi connectivity index (χ0v) is 12.0. The maximum absolute atomic E-state index is 10.8. The maximum atomic E-state index is 10.8. The van der Waals surface area contributed by atoms with Gasteiger partial charge in [-0.15, -0.1) is 0 Å². The van der Waals surface area contributed by atoms with Crippen LogP contribution in [-0.2, 0) is 11.3 Å². The Balaban J connectivity index is 1.88. The first kappa shape index (κ1) is 15.1. The van der Waals surface area contributed by atoms with Gasteiger partial charge in [0.05, 0.1) is 13.2 Å². The van der Waals surface area contributed by atoms with Crippen molar-refractivity contribution in [3.63, 3.8) is 0 Å². The van der Waals surface area contributed by atoms with Gasteiger partial charge in [0.15, 0.2) is 18.3 Å². The van der Waals surface area contributed by atoms with E-state index in [0.717, 1.165) is 11.8 Å². The molecule has 2 rings (SSSR count). The van der Waals surface area contributed by atoms with Gasteiger partial charge in [-0.3, -0.25) is 4.79 Å². The first-order valence-electron chi connectivity index (χ1n) is 6.80. The summed E-state index contributed by atoms with van der Waals surface area (Å²) in [5, 5.41) is 0. The summed E-state index contributed by atoms with van der Waals surface area (Å²) in [5.74, 6) is 1.11. The maximum Gasteiger partial charge on any atom is 0.189 e. The second-order valence-corrected chi connectivity index (χ2v) is 4.35. The van der Waals surface area contributed by atoms with Gasteiger partial charge >= 0.3 is 0 Å². The molecule has 0 N–H and O–H groups in total. The van der Waals surface area contributed by atoms with Gasteiger partial charge < -0.3 is 14.2 Å². The van der Waals surface area contributed by atoms with E-state index in [1.165, 1.54) is 0 Å². The summed E-state index contributed by atoms with van der Waals surface area (Å²) >= 11 is 0. The van der Waals surface area contributed by atoms with Gasteiger partial charge in [-0.1, -0.05) is 30.3 Å². The van der Waals surface area contributed by atoms with Crippen LogP contribution < -0.4 is 9.47 Å². The highest BCUT2D eigenvalue weighted by Crippen LogP contribution is 2.28. The van der Waals surface area contributed by atoms with Crippen LogP contribution in [0, 0.1) is 0 Å². The highest BCUT2D eigenvalue weighted by Gasteiger charge is 2.06. The molecular weight excluding hydrogens is 268 g/mol. The molecule has 0 aliphatic rings. The summed E-state index contributed by atoms with van der Waals surface area (Å²) in [6.45, 7) is 2.99. The number of hydrogen-bond donors (Lipinski definition) is 0. The molecule has 4 nitrogen and oxygen atoms in total. The Bertz CT molecular complexity index is 566. The van der Waals surface area contributed by atoms with Crippen LogP contribution in [0.2, 0.25) is 0 Å². The van der Waals surface area contributed by atoms with Crippen LogP contribution in [0.4, 0.5) is 0 Å². The molecule has 0 bridgehead atoms. The monoisotopic (exact) mass is 286 g/mol. The van der Waals surface area contributed by atoms with Crippen molar-refractivity contribution in [3.05, 3.63) is 59.7 Å². The Hall–Kier alpha value is -2.33. The average Bonchev–Trinajstić information content (AvgIpc) is 2.54. The highest BCUT2D eigenvalue weighted by molar-refractivity contribution is 5.76. The number of ether oxygens (including phenoxy) is 3. The zero-order chi connectivity index (χ0) is 14.9. The third kappa shape index (κ3) is 4.61. The Morgan fingerprint density at radius 1 is 1.00 bits per heavy atom. The van der Waals surface area contributed by atoms with E-state index in [1.54, 1.807) is 18.2 Å². The standard InChI is InChI=1S/C17H18O4/c1-2-20-17-10-15(11-18)8-9-16(17)21-13-19-12-14-6-4-3-5-7-14/h3-11H,2,12-13H2,1H3. The van der Waals surface area contributed by atoms with Gasteiger partial charge in [-0.05, 0) is 30.7 Å². The fraction of sp³-hybridized carbons (Fsp3) is 0.235. The summed E-state index contributed by atoms with van der Waals surface area (Å²) in [6, 6.07) is 14.9. The third-order valence-electron chi connectivity index (χ3n) is 2.81. The molecule has 0 unspecified atom stereocenters. The molecular formula is C17H18O4. The molecule has 0 aliphatic heterocycles. The molecule has 0 atom stereocenters. The van der Waals surface area contributed by atoms with Gasteiger partial charge in [0.25, 0.3) is 0 Å². The molecule has 110 valence electrons. The largest absolute Gasteiger partial charge is 0.490 e. The van der Waals surface area contributed by atoms with Crippen molar-refractivity contribution in [2.24, 2.45) is 0 Å². The van der Waals surface area contributed by atoms with Gasteiger partial charge in [0.2, 0.25) is 0 Å². The lowest BCUT2D eigenvalue weighted by Crippen LogP contribution is -2.05. The van der Waals surface area contributed by atoms with Gasteiger partial charge in [-0.25, -0.2) is 0 Å². The topological polar surface area (TPSA) is 44.8 Å². The fourth-order valence-corrected chi connectivity index (χ4v) is 1.82. The van der Waals surface area contributed by atoms with Crippen LogP contribution >= 0.6 is 0 Å². The quantitative estimate of drug-likeness (QED) is 0.423. The minimum absolute atomic E-state index is 0.120. The Morgan fingerprint density at radius 3 is 2.52 bits per heavy atom. The van der Waals surface area contributed by atoms with E-state index in [9.17, 15) is 4.79 Å². The van der Waals surface area contributed by atoms with Crippen molar-refractivity contribution < 1.29 is 19.0 Å². The van der Waals surface area contributed by atoms with Crippen LogP contribution in [0.15, 0.2) is 48.5 Å². The molecule has 0 aromatic heterocycles. The van der Waals surface area contributed by atoms with Gasteiger partial charge in [-0.2, -0.15) is 0 Å². The molecule has 0 saturated heterocycles. The number of hydrogen-bond acceptors (Lipinski definition) is 4. The predicted octanol–water partition coefficient (Wildman–Crippen LogP) is 3.45. The number of carbonyl (C=O) groups excluding carboxylic acids is 1. The molecule has 2 aromatic rings. The van der Waals surface area contributed by atoms with Gasteiger partial charge in [0, 0.05) is 5.56 Å². The van der Waals surface area contributed by atoms with Crippen molar-refractivity contribution >= 4 is 6.29 Å². The fourth-order valence-electron chi connectivity index (χ4n) is 1.82. The van der Waals surface area contributed by atoms with Crippen molar-refractivity contribution in [1.82, 2.24) is 0 Å². The minimum Gasteiger partial charge on any atom is -0.490 e. The molecule has 2 aromatic carbocycles. The highest BCUT2D eigenvalue weighted by atomic mass is 16.7. The molecule has 21 heavy (non-hydrogen) atoms. The van der Waals surface area contributed by atoms with Gasteiger partial charge in [0.1, 0.15) is 6.29 Å². The Labute approximate surface area is 124 Å². The molecule has 0 heterocycles. The van der Waals surface area contributed by atoms with Crippen molar-refractivity contribution in [3.8, 4) is 11.5 Å². The predicted molar refractivity (Wildman–Crippen MR) is 79.7 cm³/mol. The normalized spacial score (nSPS) is 10.1. The number of benzene rings is 2. The SMILES string of the molecule is CCOc1cc(C=O)ccc1OCOCc1ccccc1. The molecule has 0 radical (unpaired) electrons. The second-order valence-electron chi connectivity index (χ2n) is 4.35. The van der Waals surface area contributed by atoms with Crippen LogP contribution in [0.1, 0.15) is 22.8 Å². The minimum atomic E-state index is 0.120. The van der Waals surface area contributed by atoms with Crippen LogP contribution in [-0.4, -0.2) is 19.7 Å².